The van der Waals surface area contributed by atoms with Crippen LogP contribution in [0.3, 0.4) is 0 Å². The molecule has 6 heteroatoms. The van der Waals surface area contributed by atoms with Crippen molar-refractivity contribution in [3.63, 3.8) is 0 Å². The molecule has 1 aliphatic carbocycles. The number of piperazine rings is 1. The number of nitrogens with one attached hydrogen (secondary N) is 2. The van der Waals surface area contributed by atoms with Gasteiger partial charge < -0.3 is 15.2 Å². The number of hydrogen-bond donors (Lipinski definition) is 2. The van der Waals surface area contributed by atoms with Crippen molar-refractivity contribution >= 4 is 45.3 Å². The molecular formula is C21H22IN3O2. The lowest BCUT2D eigenvalue weighted by Gasteiger charge is -2.64. The predicted octanol–water partition coefficient (Wildman–Crippen LogP) is 2.86. The lowest BCUT2D eigenvalue weighted by atomic mass is 9.51. The van der Waals surface area contributed by atoms with E-state index in [1.54, 1.807) is 0 Å². The van der Waals surface area contributed by atoms with Crippen LogP contribution in [-0.2, 0) is 21.4 Å². The topological polar surface area (TPSA) is 65.2 Å². The zero-order valence-electron chi connectivity index (χ0n) is 15.5. The van der Waals surface area contributed by atoms with Gasteiger partial charge in [-0.05, 0) is 59.5 Å². The van der Waals surface area contributed by atoms with E-state index in [-0.39, 0.29) is 23.1 Å². The number of hydrogen-bond acceptors (Lipinski definition) is 2. The number of rotatable bonds is 0. The summed E-state index contributed by atoms with van der Waals surface area (Å²) >= 11 is 2.33. The molecule has 0 unspecified atom stereocenters. The molecule has 0 radical (unpaired) electrons. The van der Waals surface area contributed by atoms with Gasteiger partial charge >= 0.3 is 0 Å². The minimum atomic E-state index is -0.794. The van der Waals surface area contributed by atoms with Crippen LogP contribution in [0.2, 0.25) is 0 Å². The van der Waals surface area contributed by atoms with Crippen molar-refractivity contribution < 1.29 is 9.59 Å². The Morgan fingerprint density at radius 2 is 2.07 bits per heavy atom. The first-order chi connectivity index (χ1) is 12.8. The second-order valence-corrected chi connectivity index (χ2v) is 10.6. The Labute approximate surface area is 171 Å². The first kappa shape index (κ1) is 16.4. The van der Waals surface area contributed by atoms with Gasteiger partial charge in [0.2, 0.25) is 11.8 Å². The van der Waals surface area contributed by atoms with Crippen LogP contribution in [-0.4, -0.2) is 39.3 Å². The number of carbonyl (C=O) groups is 2. The van der Waals surface area contributed by atoms with E-state index in [2.05, 4.69) is 64.9 Å². The van der Waals surface area contributed by atoms with E-state index in [0.29, 0.717) is 6.42 Å². The predicted molar refractivity (Wildman–Crippen MR) is 110 cm³/mol. The fourth-order valence-electron chi connectivity index (χ4n) is 6.61. The molecule has 4 aliphatic heterocycles. The van der Waals surface area contributed by atoms with Gasteiger partial charge in [0.05, 0.1) is 0 Å². The van der Waals surface area contributed by atoms with E-state index in [1.165, 1.54) is 20.2 Å². The van der Waals surface area contributed by atoms with Gasteiger partial charge in [-0.2, -0.15) is 0 Å². The second kappa shape index (κ2) is 4.70. The summed E-state index contributed by atoms with van der Waals surface area (Å²) < 4.78 is 1.19. The molecule has 4 fully saturated rings. The van der Waals surface area contributed by atoms with E-state index in [1.807, 2.05) is 4.90 Å². The summed E-state index contributed by atoms with van der Waals surface area (Å²) in [4.78, 5) is 32.4. The smallest absolute Gasteiger partial charge is 0.249 e. The SMILES string of the molecule is CC1(C)c2[nH]c3cc(I)ccc3c2C[C@@]23NC(=O)[C@]4(CCCN4C2=O)C[C@@H]13. The highest BCUT2D eigenvalue weighted by atomic mass is 127. The largest absolute Gasteiger partial charge is 0.358 e. The average molecular weight is 475 g/mol. The number of halogens is 1. The quantitative estimate of drug-likeness (QED) is 0.576. The van der Waals surface area contributed by atoms with Crippen LogP contribution >= 0.6 is 22.6 Å². The molecule has 5 heterocycles. The Hall–Kier alpha value is -1.57. The number of carbonyl (C=O) groups excluding carboxylic acids is 2. The zero-order valence-corrected chi connectivity index (χ0v) is 17.6. The van der Waals surface area contributed by atoms with Crippen molar-refractivity contribution in [3.8, 4) is 0 Å². The molecule has 4 saturated heterocycles. The molecule has 2 N–H and O–H groups in total. The number of aromatic nitrogens is 1. The lowest BCUT2D eigenvalue weighted by Crippen LogP contribution is -2.84. The van der Waals surface area contributed by atoms with Crippen molar-refractivity contribution in [2.75, 3.05) is 6.54 Å². The van der Waals surface area contributed by atoms with Crippen molar-refractivity contribution in [1.29, 1.82) is 0 Å². The van der Waals surface area contributed by atoms with Gasteiger partial charge in [0.15, 0.2) is 0 Å². The van der Waals surface area contributed by atoms with Crippen LogP contribution in [0.5, 0.6) is 0 Å². The third-order valence-electron chi connectivity index (χ3n) is 7.85. The summed E-state index contributed by atoms with van der Waals surface area (Å²) in [6.45, 7) is 5.21. The molecule has 2 amide bonds. The van der Waals surface area contributed by atoms with Crippen LogP contribution < -0.4 is 5.32 Å². The summed E-state index contributed by atoms with van der Waals surface area (Å²) in [5.74, 6) is 0.336. The van der Waals surface area contributed by atoms with E-state index in [0.717, 1.165) is 31.3 Å². The van der Waals surface area contributed by atoms with Crippen molar-refractivity contribution in [1.82, 2.24) is 15.2 Å². The van der Waals surface area contributed by atoms with Crippen molar-refractivity contribution in [2.24, 2.45) is 5.92 Å². The first-order valence-corrected chi connectivity index (χ1v) is 10.8. The highest BCUT2D eigenvalue weighted by Crippen LogP contribution is 2.59. The van der Waals surface area contributed by atoms with Crippen LogP contribution in [0.25, 0.3) is 10.9 Å². The molecule has 1 aromatic carbocycles. The van der Waals surface area contributed by atoms with Crippen LogP contribution in [0, 0.1) is 9.49 Å². The Balaban J connectivity index is 1.63. The van der Waals surface area contributed by atoms with E-state index in [4.69, 9.17) is 0 Å². The molecule has 2 bridgehead atoms. The fraction of sp³-hybridized carbons (Fsp3) is 0.524. The number of aromatic amines is 1. The summed E-state index contributed by atoms with van der Waals surface area (Å²) in [6.07, 6.45) is 3.10. The van der Waals surface area contributed by atoms with Crippen molar-refractivity contribution in [3.05, 3.63) is 33.0 Å². The maximum Gasteiger partial charge on any atom is 0.249 e. The van der Waals surface area contributed by atoms with Crippen molar-refractivity contribution in [2.45, 2.75) is 56.0 Å². The van der Waals surface area contributed by atoms with Gasteiger partial charge in [-0.3, -0.25) is 9.59 Å². The molecule has 3 atom stereocenters. The van der Waals surface area contributed by atoms with Gasteiger partial charge in [0, 0.05) is 44.5 Å². The van der Waals surface area contributed by atoms with E-state index < -0.39 is 11.1 Å². The summed E-state index contributed by atoms with van der Waals surface area (Å²) in [5.41, 5.74) is 1.96. The van der Waals surface area contributed by atoms with Gasteiger partial charge in [0.25, 0.3) is 0 Å². The Bertz CT molecular complexity index is 1060. The molecule has 2 aromatic rings. The minimum absolute atomic E-state index is 0.0736. The van der Waals surface area contributed by atoms with Crippen LogP contribution in [0.15, 0.2) is 18.2 Å². The number of H-pyrrole nitrogens is 1. The van der Waals surface area contributed by atoms with Gasteiger partial charge in [-0.1, -0.05) is 19.9 Å². The maximum absolute atomic E-state index is 13.7. The second-order valence-electron chi connectivity index (χ2n) is 9.34. The number of piperidine rings is 2. The first-order valence-electron chi connectivity index (χ1n) is 9.75. The summed E-state index contributed by atoms with van der Waals surface area (Å²) in [7, 11) is 0. The average Bonchev–Trinajstić information content (AvgIpc) is 3.19. The number of nitrogens with zero attached hydrogens (tertiary/aromatic N) is 1. The normalized spacial score (nSPS) is 35.8. The monoisotopic (exact) mass is 475 g/mol. The van der Waals surface area contributed by atoms with Crippen LogP contribution in [0.4, 0.5) is 0 Å². The van der Waals surface area contributed by atoms with Gasteiger partial charge in [-0.15, -0.1) is 0 Å². The third-order valence-corrected chi connectivity index (χ3v) is 8.52. The lowest BCUT2D eigenvalue weighted by molar-refractivity contribution is -0.179. The number of amides is 2. The molecule has 27 heavy (non-hydrogen) atoms. The maximum atomic E-state index is 13.7. The van der Waals surface area contributed by atoms with Gasteiger partial charge in [-0.25, -0.2) is 0 Å². The number of benzene rings is 1. The minimum Gasteiger partial charge on any atom is -0.358 e. The molecule has 5 aliphatic rings. The molecular weight excluding hydrogens is 453 g/mol. The summed E-state index contributed by atoms with van der Waals surface area (Å²) in [6, 6.07) is 6.43. The standard InChI is InChI=1S/C21H22IN3O2/c1-19(2)15-10-20-6-3-7-25(20)18(27)21(15,24-17(20)26)9-13-12-5-4-11(22)8-14(12)23-16(13)19/h4-5,8,15,23H,3,6-7,9-10H2,1-2H3,(H,24,26)/t15-,20-,21-/m0/s1. The highest BCUT2D eigenvalue weighted by molar-refractivity contribution is 14.1. The Morgan fingerprint density at radius 3 is 2.89 bits per heavy atom. The van der Waals surface area contributed by atoms with E-state index >= 15 is 0 Å². The van der Waals surface area contributed by atoms with Crippen LogP contribution in [0.1, 0.15) is 44.4 Å². The highest BCUT2D eigenvalue weighted by Gasteiger charge is 2.72. The molecule has 7 rings (SSSR count). The Morgan fingerprint density at radius 1 is 1.26 bits per heavy atom. The number of fused-ring (bicyclic) bond motifs is 4. The molecule has 5 nitrogen and oxygen atoms in total. The molecule has 140 valence electrons. The fourth-order valence-corrected chi connectivity index (χ4v) is 7.10. The zero-order chi connectivity index (χ0) is 18.8. The Kier molecular flexibility index (Phi) is 2.85. The van der Waals surface area contributed by atoms with Gasteiger partial charge in [0.1, 0.15) is 11.1 Å². The van der Waals surface area contributed by atoms with E-state index in [9.17, 15) is 9.59 Å². The molecule has 0 saturated carbocycles. The molecule has 1 aromatic heterocycles. The third kappa shape index (κ3) is 1.68. The summed E-state index contributed by atoms with van der Waals surface area (Å²) in [5, 5.41) is 4.44. The molecule has 2 spiro atoms.